The third kappa shape index (κ3) is 4.07. The molecule has 3 aromatic carbocycles. The Morgan fingerprint density at radius 1 is 1.03 bits per heavy atom. The number of ether oxygens (including phenoxy) is 1. The molecule has 0 atom stereocenters. The van der Waals surface area contributed by atoms with Crippen LogP contribution < -0.4 is 10.2 Å². The first-order chi connectivity index (χ1) is 14.2. The predicted molar refractivity (Wildman–Crippen MR) is 119 cm³/mol. The summed E-state index contributed by atoms with van der Waals surface area (Å²) in [6.07, 6.45) is 3.56. The number of hydrogen-bond donors (Lipinski definition) is 1. The van der Waals surface area contributed by atoms with E-state index in [0.717, 1.165) is 26.6 Å². The summed E-state index contributed by atoms with van der Waals surface area (Å²) in [7, 11) is 1.55. The molecule has 1 N–H and O–H groups in total. The van der Waals surface area contributed by atoms with Crippen LogP contribution in [0.3, 0.4) is 0 Å². The highest BCUT2D eigenvalue weighted by molar-refractivity contribution is 9.10. The summed E-state index contributed by atoms with van der Waals surface area (Å²) in [6.45, 7) is 0. The number of benzene rings is 3. The van der Waals surface area contributed by atoms with Gasteiger partial charge in [-0.2, -0.15) is 5.10 Å². The number of aromatic nitrogens is 1. The first kappa shape index (κ1) is 19.0. The van der Waals surface area contributed by atoms with Crippen LogP contribution in [0.15, 0.2) is 88.6 Å². The number of carbonyl (C=O) groups excluding carboxylic acids is 1. The molecule has 1 aromatic heterocycles. The minimum Gasteiger partial charge on any atom is -0.496 e. The van der Waals surface area contributed by atoms with Gasteiger partial charge in [0, 0.05) is 16.4 Å². The molecule has 1 heterocycles. The monoisotopic (exact) mass is 447 g/mol. The number of carbonyl (C=O) groups is 1. The van der Waals surface area contributed by atoms with Gasteiger partial charge in [0.2, 0.25) is 0 Å². The van der Waals surface area contributed by atoms with Crippen molar-refractivity contribution < 1.29 is 9.53 Å². The van der Waals surface area contributed by atoms with Crippen molar-refractivity contribution >= 4 is 38.8 Å². The normalized spacial score (nSPS) is 11.1. The molecule has 6 heteroatoms. The van der Waals surface area contributed by atoms with Crippen LogP contribution in [0, 0.1) is 0 Å². The molecule has 1 amide bonds. The number of nitrogens with one attached hydrogen (secondary N) is 1. The molecular formula is C23H18BrN3O2. The molecule has 0 fully saturated rings. The molecule has 144 valence electrons. The van der Waals surface area contributed by atoms with E-state index in [1.807, 2.05) is 83.6 Å². The van der Waals surface area contributed by atoms with Crippen LogP contribution in [0.4, 0.5) is 0 Å². The van der Waals surface area contributed by atoms with E-state index in [-0.39, 0.29) is 5.91 Å². The van der Waals surface area contributed by atoms with Crippen molar-refractivity contribution in [3.05, 3.63) is 94.7 Å². The SMILES string of the molecule is COc1cc2ccccc2cc1C(=O)NN=Cc1cccn1-c1ccc(Br)cc1. The minimum absolute atomic E-state index is 0.328. The van der Waals surface area contributed by atoms with Crippen LogP contribution in [-0.4, -0.2) is 23.8 Å². The highest BCUT2D eigenvalue weighted by Gasteiger charge is 2.13. The molecule has 0 bridgehead atoms. The van der Waals surface area contributed by atoms with Gasteiger partial charge in [-0.1, -0.05) is 40.2 Å². The van der Waals surface area contributed by atoms with Crippen molar-refractivity contribution in [1.82, 2.24) is 9.99 Å². The number of halogens is 1. The fraction of sp³-hybridized carbons (Fsp3) is 0.0435. The van der Waals surface area contributed by atoms with E-state index in [1.165, 1.54) is 0 Å². The van der Waals surface area contributed by atoms with Gasteiger partial charge >= 0.3 is 0 Å². The number of rotatable bonds is 5. The van der Waals surface area contributed by atoms with Crippen molar-refractivity contribution in [2.75, 3.05) is 7.11 Å². The average molecular weight is 448 g/mol. The van der Waals surface area contributed by atoms with Gasteiger partial charge < -0.3 is 9.30 Å². The molecule has 0 radical (unpaired) electrons. The Bertz CT molecular complexity index is 1200. The molecule has 0 saturated carbocycles. The molecule has 29 heavy (non-hydrogen) atoms. The van der Waals surface area contributed by atoms with E-state index >= 15 is 0 Å². The third-order valence-corrected chi connectivity index (χ3v) is 5.09. The van der Waals surface area contributed by atoms with Crippen LogP contribution in [0.2, 0.25) is 0 Å². The second kappa shape index (κ2) is 8.32. The maximum Gasteiger partial charge on any atom is 0.275 e. The quantitative estimate of drug-likeness (QED) is 0.339. The van der Waals surface area contributed by atoms with E-state index in [4.69, 9.17) is 4.74 Å². The lowest BCUT2D eigenvalue weighted by Crippen LogP contribution is -2.18. The maximum atomic E-state index is 12.7. The Morgan fingerprint density at radius 2 is 1.76 bits per heavy atom. The molecule has 0 aliphatic rings. The Labute approximate surface area is 176 Å². The zero-order valence-electron chi connectivity index (χ0n) is 15.7. The first-order valence-corrected chi connectivity index (χ1v) is 9.78. The van der Waals surface area contributed by atoms with E-state index in [9.17, 15) is 4.79 Å². The summed E-state index contributed by atoms with van der Waals surface area (Å²) in [5.74, 6) is 0.181. The Hall–Kier alpha value is -3.38. The smallest absolute Gasteiger partial charge is 0.275 e. The topological polar surface area (TPSA) is 55.6 Å². The van der Waals surface area contributed by atoms with Crippen molar-refractivity contribution in [3.8, 4) is 11.4 Å². The molecule has 0 saturated heterocycles. The largest absolute Gasteiger partial charge is 0.496 e. The maximum absolute atomic E-state index is 12.7. The standard InChI is InChI=1S/C23H18BrN3O2/c1-29-22-14-17-6-3-2-5-16(17)13-21(22)23(28)26-25-15-20-7-4-12-27(20)19-10-8-18(24)9-11-19/h2-15H,1H3,(H,26,28). The number of hydrogen-bond acceptors (Lipinski definition) is 3. The summed E-state index contributed by atoms with van der Waals surface area (Å²) in [5, 5.41) is 6.11. The number of methoxy groups -OCH3 is 1. The molecule has 0 spiro atoms. The Kier molecular flexibility index (Phi) is 5.44. The van der Waals surface area contributed by atoms with Crippen LogP contribution in [0.1, 0.15) is 16.1 Å². The summed E-state index contributed by atoms with van der Waals surface area (Å²) in [5.41, 5.74) is 4.88. The number of amides is 1. The zero-order chi connectivity index (χ0) is 20.2. The van der Waals surface area contributed by atoms with Crippen LogP contribution in [-0.2, 0) is 0 Å². The number of hydrazone groups is 1. The van der Waals surface area contributed by atoms with Crippen molar-refractivity contribution in [2.24, 2.45) is 5.10 Å². The fourth-order valence-electron chi connectivity index (χ4n) is 3.12. The Balaban J connectivity index is 1.55. The van der Waals surface area contributed by atoms with Gasteiger partial charge in [-0.25, -0.2) is 5.43 Å². The first-order valence-electron chi connectivity index (χ1n) is 8.99. The summed E-state index contributed by atoms with van der Waals surface area (Å²) in [4.78, 5) is 12.7. The second-order valence-corrected chi connectivity index (χ2v) is 7.29. The van der Waals surface area contributed by atoms with Crippen LogP contribution in [0.25, 0.3) is 16.5 Å². The van der Waals surface area contributed by atoms with Crippen molar-refractivity contribution in [3.63, 3.8) is 0 Å². The van der Waals surface area contributed by atoms with Gasteiger partial charge in [0.05, 0.1) is 24.6 Å². The van der Waals surface area contributed by atoms with Crippen LogP contribution >= 0.6 is 15.9 Å². The summed E-state index contributed by atoms with van der Waals surface area (Å²) < 4.78 is 8.39. The molecule has 0 aliphatic heterocycles. The van der Waals surface area contributed by atoms with E-state index < -0.39 is 0 Å². The summed E-state index contributed by atoms with van der Waals surface area (Å²) in [6, 6.07) is 23.3. The van der Waals surface area contributed by atoms with E-state index in [1.54, 1.807) is 13.3 Å². The van der Waals surface area contributed by atoms with Gasteiger partial charge in [-0.15, -0.1) is 0 Å². The molecular weight excluding hydrogens is 430 g/mol. The predicted octanol–water partition coefficient (Wildman–Crippen LogP) is 5.17. The number of nitrogens with zero attached hydrogens (tertiary/aromatic N) is 2. The fourth-order valence-corrected chi connectivity index (χ4v) is 3.38. The average Bonchev–Trinajstić information content (AvgIpc) is 3.21. The molecule has 5 nitrogen and oxygen atoms in total. The zero-order valence-corrected chi connectivity index (χ0v) is 17.3. The van der Waals surface area contributed by atoms with Gasteiger partial charge in [-0.05, 0) is 59.3 Å². The third-order valence-electron chi connectivity index (χ3n) is 4.56. The van der Waals surface area contributed by atoms with Gasteiger partial charge in [-0.3, -0.25) is 4.79 Å². The lowest BCUT2D eigenvalue weighted by molar-refractivity contribution is 0.0952. The molecule has 0 aliphatic carbocycles. The van der Waals surface area contributed by atoms with Crippen molar-refractivity contribution in [2.45, 2.75) is 0 Å². The molecule has 0 unspecified atom stereocenters. The molecule has 4 rings (SSSR count). The van der Waals surface area contributed by atoms with Gasteiger partial charge in [0.1, 0.15) is 5.75 Å². The minimum atomic E-state index is -0.328. The Morgan fingerprint density at radius 3 is 2.48 bits per heavy atom. The van der Waals surface area contributed by atoms with E-state index in [2.05, 4.69) is 26.5 Å². The lowest BCUT2D eigenvalue weighted by atomic mass is 10.1. The van der Waals surface area contributed by atoms with Gasteiger partial charge in [0.15, 0.2) is 0 Å². The van der Waals surface area contributed by atoms with Gasteiger partial charge in [0.25, 0.3) is 5.91 Å². The second-order valence-electron chi connectivity index (χ2n) is 6.38. The summed E-state index contributed by atoms with van der Waals surface area (Å²) >= 11 is 3.44. The highest BCUT2D eigenvalue weighted by atomic mass is 79.9. The number of fused-ring (bicyclic) bond motifs is 1. The van der Waals surface area contributed by atoms with Crippen molar-refractivity contribution in [1.29, 1.82) is 0 Å². The van der Waals surface area contributed by atoms with Crippen LogP contribution in [0.5, 0.6) is 5.75 Å². The lowest BCUT2D eigenvalue weighted by Gasteiger charge is -2.09. The highest BCUT2D eigenvalue weighted by Crippen LogP contribution is 2.26. The molecule has 4 aromatic rings. The van der Waals surface area contributed by atoms with E-state index in [0.29, 0.717) is 11.3 Å².